The van der Waals surface area contributed by atoms with E-state index in [-0.39, 0.29) is 5.41 Å². The number of rotatable bonds is 5. The lowest BCUT2D eigenvalue weighted by molar-refractivity contribution is -0.122. The van der Waals surface area contributed by atoms with Crippen molar-refractivity contribution in [3.05, 3.63) is 42.5 Å². The predicted octanol–water partition coefficient (Wildman–Crippen LogP) is 1.20. The van der Waals surface area contributed by atoms with Gasteiger partial charge in [0.2, 0.25) is 0 Å². The Labute approximate surface area is 97.7 Å². The topological polar surface area (TPSA) is 18.5 Å². The van der Waals surface area contributed by atoms with Gasteiger partial charge in [0.05, 0.1) is 31.8 Å². The molecule has 2 nitrogen and oxygen atoms in total. The van der Waals surface area contributed by atoms with Crippen molar-refractivity contribution in [2.45, 2.75) is 6.61 Å². The zero-order valence-electron chi connectivity index (χ0n) is 9.32. The van der Waals surface area contributed by atoms with Crippen LogP contribution in [0.25, 0.3) is 0 Å². The van der Waals surface area contributed by atoms with Crippen molar-refractivity contribution in [1.82, 2.24) is 0 Å². The van der Waals surface area contributed by atoms with Gasteiger partial charge in [0, 0.05) is 0 Å². The molecule has 0 saturated carbocycles. The molecule has 1 heterocycles. The molecule has 0 N–H and O–H groups in total. The Morgan fingerprint density at radius 2 is 2.06 bits per heavy atom. The van der Waals surface area contributed by atoms with Crippen LogP contribution in [0.15, 0.2) is 36.9 Å². The van der Waals surface area contributed by atoms with Crippen molar-refractivity contribution in [2.75, 3.05) is 19.8 Å². The Hall–Kier alpha value is -1.06. The Morgan fingerprint density at radius 1 is 1.38 bits per heavy atom. The van der Waals surface area contributed by atoms with E-state index in [4.69, 9.17) is 17.3 Å². The largest absolute Gasteiger partial charge is 0.379 e. The van der Waals surface area contributed by atoms with Gasteiger partial charge < -0.3 is 9.47 Å². The van der Waals surface area contributed by atoms with Crippen LogP contribution >= 0.6 is 0 Å². The third-order valence-electron chi connectivity index (χ3n) is 2.85. The molecule has 1 aromatic rings. The maximum absolute atomic E-state index is 5.67. The summed E-state index contributed by atoms with van der Waals surface area (Å²) in [5.41, 5.74) is 1.95. The van der Waals surface area contributed by atoms with Gasteiger partial charge in [-0.3, -0.25) is 0 Å². The fourth-order valence-corrected chi connectivity index (χ4v) is 1.61. The first kappa shape index (κ1) is 11.4. The van der Waals surface area contributed by atoms with Crippen molar-refractivity contribution >= 4 is 13.3 Å². The van der Waals surface area contributed by atoms with E-state index < -0.39 is 0 Å². The van der Waals surface area contributed by atoms with Gasteiger partial charge in [-0.1, -0.05) is 35.8 Å². The maximum Gasteiger partial charge on any atom is 0.113 e. The minimum Gasteiger partial charge on any atom is -0.379 e. The van der Waals surface area contributed by atoms with Crippen LogP contribution in [0.5, 0.6) is 0 Å². The molecule has 1 saturated heterocycles. The highest BCUT2D eigenvalue weighted by Crippen LogP contribution is 2.29. The van der Waals surface area contributed by atoms with E-state index in [1.807, 2.05) is 30.3 Å². The van der Waals surface area contributed by atoms with E-state index >= 15 is 0 Å². The molecule has 0 aromatic heterocycles. The fraction of sp³-hybridized carbons (Fsp3) is 0.385. The second-order valence-corrected chi connectivity index (χ2v) is 4.29. The van der Waals surface area contributed by atoms with Gasteiger partial charge >= 0.3 is 0 Å². The van der Waals surface area contributed by atoms with Crippen LogP contribution in [-0.2, 0) is 16.1 Å². The molecular formula is C13H15BO2. The molecule has 1 aliphatic rings. The van der Waals surface area contributed by atoms with Crippen LogP contribution < -0.4 is 5.46 Å². The lowest BCUT2D eigenvalue weighted by Crippen LogP contribution is -2.44. The van der Waals surface area contributed by atoms with Gasteiger partial charge in [0.15, 0.2) is 0 Å². The number of hydrogen-bond donors (Lipinski definition) is 0. The summed E-state index contributed by atoms with van der Waals surface area (Å²) in [6.45, 7) is 6.53. The summed E-state index contributed by atoms with van der Waals surface area (Å²) < 4.78 is 10.8. The third-order valence-corrected chi connectivity index (χ3v) is 2.85. The lowest BCUT2D eigenvalue weighted by Gasteiger charge is -2.38. The van der Waals surface area contributed by atoms with Crippen molar-refractivity contribution in [3.8, 4) is 0 Å². The van der Waals surface area contributed by atoms with Crippen molar-refractivity contribution in [1.29, 1.82) is 0 Å². The summed E-state index contributed by atoms with van der Waals surface area (Å²) in [5.74, 6) is 0. The molecule has 1 aromatic carbocycles. The zero-order valence-corrected chi connectivity index (χ0v) is 9.32. The molecule has 16 heavy (non-hydrogen) atoms. The van der Waals surface area contributed by atoms with E-state index in [9.17, 15) is 0 Å². The summed E-state index contributed by atoms with van der Waals surface area (Å²) in [6.07, 6.45) is 1.93. The van der Waals surface area contributed by atoms with Gasteiger partial charge in [0.25, 0.3) is 0 Å². The minimum atomic E-state index is 0.0355. The highest BCUT2D eigenvalue weighted by molar-refractivity contribution is 6.32. The molecule has 1 fully saturated rings. The summed E-state index contributed by atoms with van der Waals surface area (Å²) in [6, 6.07) is 7.73. The number of hydrogen-bond acceptors (Lipinski definition) is 2. The van der Waals surface area contributed by atoms with Gasteiger partial charge in [-0.15, -0.1) is 6.58 Å². The fourth-order valence-electron chi connectivity index (χ4n) is 1.61. The Balaban J connectivity index is 1.79. The first-order chi connectivity index (χ1) is 7.74. The molecule has 0 amide bonds. The summed E-state index contributed by atoms with van der Waals surface area (Å²) in [7, 11) is 5.61. The summed E-state index contributed by atoms with van der Waals surface area (Å²) in [5, 5.41) is 0. The normalized spacial score (nSPS) is 17.8. The molecule has 2 rings (SSSR count). The number of ether oxygens (including phenoxy) is 2. The molecule has 0 bridgehead atoms. The van der Waals surface area contributed by atoms with Gasteiger partial charge in [-0.2, -0.15) is 0 Å². The zero-order chi connectivity index (χ0) is 11.4. The monoisotopic (exact) mass is 214 g/mol. The first-order valence-corrected chi connectivity index (χ1v) is 5.38. The van der Waals surface area contributed by atoms with Gasteiger partial charge in [-0.05, 0) is 5.56 Å². The summed E-state index contributed by atoms with van der Waals surface area (Å²) in [4.78, 5) is 0. The second-order valence-electron chi connectivity index (χ2n) is 4.29. The van der Waals surface area contributed by atoms with Crippen LogP contribution in [-0.4, -0.2) is 27.7 Å². The van der Waals surface area contributed by atoms with E-state index in [0.717, 1.165) is 24.2 Å². The molecular weight excluding hydrogens is 199 g/mol. The van der Waals surface area contributed by atoms with Crippen LogP contribution in [0, 0.1) is 5.41 Å². The summed E-state index contributed by atoms with van der Waals surface area (Å²) >= 11 is 0. The van der Waals surface area contributed by atoms with Crippen LogP contribution in [0.1, 0.15) is 5.56 Å². The second kappa shape index (κ2) is 4.85. The maximum atomic E-state index is 5.67. The average Bonchev–Trinajstić information content (AvgIpc) is 2.25. The third kappa shape index (κ3) is 2.54. The van der Waals surface area contributed by atoms with Gasteiger partial charge in [0.1, 0.15) is 7.85 Å². The van der Waals surface area contributed by atoms with Crippen LogP contribution in [0.3, 0.4) is 0 Å². The van der Waals surface area contributed by atoms with Crippen LogP contribution in [0.4, 0.5) is 0 Å². The molecule has 0 spiro atoms. The van der Waals surface area contributed by atoms with Crippen molar-refractivity contribution in [3.63, 3.8) is 0 Å². The minimum absolute atomic E-state index is 0.0355. The van der Waals surface area contributed by atoms with E-state index in [1.54, 1.807) is 0 Å². The van der Waals surface area contributed by atoms with Crippen molar-refractivity contribution < 1.29 is 9.47 Å². The molecule has 2 radical (unpaired) electrons. The predicted molar refractivity (Wildman–Crippen MR) is 64.9 cm³/mol. The van der Waals surface area contributed by atoms with Crippen LogP contribution in [0.2, 0.25) is 0 Å². The molecule has 0 atom stereocenters. The average molecular weight is 214 g/mol. The molecule has 3 heteroatoms. The SMILES string of the molecule is [B]c1ccc(COCC2(C=C)COC2)cc1. The van der Waals surface area contributed by atoms with E-state index in [2.05, 4.69) is 6.58 Å². The highest BCUT2D eigenvalue weighted by Gasteiger charge is 2.35. The molecule has 0 aliphatic carbocycles. The van der Waals surface area contributed by atoms with E-state index in [0.29, 0.717) is 13.2 Å². The quantitative estimate of drug-likeness (QED) is 0.541. The van der Waals surface area contributed by atoms with Gasteiger partial charge in [-0.25, -0.2) is 0 Å². The highest BCUT2D eigenvalue weighted by atomic mass is 16.5. The lowest BCUT2D eigenvalue weighted by atomic mass is 9.87. The molecule has 0 unspecified atom stereocenters. The smallest absolute Gasteiger partial charge is 0.113 e. The first-order valence-electron chi connectivity index (χ1n) is 5.38. The van der Waals surface area contributed by atoms with Crippen molar-refractivity contribution in [2.24, 2.45) is 5.41 Å². The molecule has 1 aliphatic heterocycles. The Bertz CT molecular complexity index is 355. The number of benzene rings is 1. The standard InChI is InChI=1S/C13H15BO2/c1-2-13(9-16-10-13)8-15-7-11-3-5-12(14)6-4-11/h2-6H,1,7-10H2. The molecule has 82 valence electrons. The Morgan fingerprint density at radius 3 is 2.56 bits per heavy atom. The van der Waals surface area contributed by atoms with E-state index in [1.165, 1.54) is 0 Å². The Kier molecular flexibility index (Phi) is 3.47.